The Kier molecular flexibility index (Phi) is 4.36. The van der Waals surface area contributed by atoms with Gasteiger partial charge in [-0.3, -0.25) is 9.58 Å². The molecule has 1 saturated heterocycles. The predicted molar refractivity (Wildman–Crippen MR) is 77.8 cm³/mol. The molecule has 3 N–H and O–H groups in total. The van der Waals surface area contributed by atoms with Gasteiger partial charge in [0.15, 0.2) is 5.82 Å². The number of sulfonamides is 1. The summed E-state index contributed by atoms with van der Waals surface area (Å²) in [6.07, 6.45) is 2.37. The van der Waals surface area contributed by atoms with Gasteiger partial charge in [0.25, 0.3) is 0 Å². The highest BCUT2D eigenvalue weighted by Gasteiger charge is 2.26. The SMILES string of the molecule is Cc1c(S(=O)(=O)NCC(C)N2CCCC2)c(N)nn1C. The first-order chi connectivity index (χ1) is 9.33. The molecule has 0 aliphatic carbocycles. The van der Waals surface area contributed by atoms with Crippen LogP contribution in [-0.2, 0) is 17.1 Å². The van der Waals surface area contributed by atoms with Crippen LogP contribution in [-0.4, -0.2) is 48.8 Å². The zero-order valence-corrected chi connectivity index (χ0v) is 13.1. The van der Waals surface area contributed by atoms with Gasteiger partial charge in [0.1, 0.15) is 4.90 Å². The van der Waals surface area contributed by atoms with E-state index in [1.54, 1.807) is 14.0 Å². The summed E-state index contributed by atoms with van der Waals surface area (Å²) in [7, 11) is -1.93. The zero-order valence-electron chi connectivity index (χ0n) is 12.3. The van der Waals surface area contributed by atoms with Crippen LogP contribution in [0.1, 0.15) is 25.5 Å². The number of nitrogens with two attached hydrogens (primary N) is 1. The number of aryl methyl sites for hydroxylation is 1. The van der Waals surface area contributed by atoms with Crippen LogP contribution in [0, 0.1) is 6.92 Å². The van der Waals surface area contributed by atoms with Crippen molar-refractivity contribution in [2.75, 3.05) is 25.4 Å². The van der Waals surface area contributed by atoms with Gasteiger partial charge in [-0.05, 0) is 39.8 Å². The Balaban J connectivity index is 2.07. The second-order valence-corrected chi connectivity index (χ2v) is 7.07. The summed E-state index contributed by atoms with van der Waals surface area (Å²) in [6, 6.07) is 0.186. The van der Waals surface area contributed by atoms with Gasteiger partial charge in [0.05, 0.1) is 5.69 Å². The van der Waals surface area contributed by atoms with Crippen molar-refractivity contribution in [3.63, 3.8) is 0 Å². The second kappa shape index (κ2) is 5.71. The number of hydrogen-bond donors (Lipinski definition) is 2. The standard InChI is InChI=1S/C12H23N5O2S/c1-9(17-6-4-5-7-17)8-14-20(18,19)11-10(2)16(3)15-12(11)13/h9,14H,4-8H2,1-3H3,(H2,13,15). The van der Waals surface area contributed by atoms with E-state index in [2.05, 4.69) is 14.7 Å². The van der Waals surface area contributed by atoms with Crippen molar-refractivity contribution in [1.29, 1.82) is 0 Å². The molecule has 0 spiro atoms. The number of anilines is 1. The summed E-state index contributed by atoms with van der Waals surface area (Å²) in [5, 5.41) is 3.95. The minimum Gasteiger partial charge on any atom is -0.381 e. The van der Waals surface area contributed by atoms with Gasteiger partial charge >= 0.3 is 0 Å². The van der Waals surface area contributed by atoms with E-state index in [4.69, 9.17) is 5.73 Å². The summed E-state index contributed by atoms with van der Waals surface area (Å²) >= 11 is 0. The Morgan fingerprint density at radius 1 is 1.40 bits per heavy atom. The van der Waals surface area contributed by atoms with Crippen molar-refractivity contribution in [2.45, 2.75) is 37.6 Å². The topological polar surface area (TPSA) is 93.2 Å². The second-order valence-electron chi connectivity index (χ2n) is 5.37. The first-order valence-corrected chi connectivity index (χ1v) is 8.34. The first kappa shape index (κ1) is 15.3. The van der Waals surface area contributed by atoms with Gasteiger partial charge in [0, 0.05) is 19.6 Å². The Morgan fingerprint density at radius 2 is 2.00 bits per heavy atom. The lowest BCUT2D eigenvalue weighted by Gasteiger charge is -2.23. The quantitative estimate of drug-likeness (QED) is 0.803. The molecular formula is C12H23N5O2S. The fourth-order valence-electron chi connectivity index (χ4n) is 2.56. The maximum Gasteiger partial charge on any atom is 0.246 e. The minimum atomic E-state index is -3.61. The van der Waals surface area contributed by atoms with Crippen LogP contribution in [0.3, 0.4) is 0 Å². The molecule has 2 rings (SSSR count). The summed E-state index contributed by atoms with van der Waals surface area (Å²) in [6.45, 7) is 6.19. The summed E-state index contributed by atoms with van der Waals surface area (Å²) in [4.78, 5) is 2.38. The molecule has 1 aliphatic rings. The van der Waals surface area contributed by atoms with E-state index in [1.165, 1.54) is 17.5 Å². The molecule has 20 heavy (non-hydrogen) atoms. The Morgan fingerprint density at radius 3 is 2.50 bits per heavy atom. The smallest absolute Gasteiger partial charge is 0.246 e. The molecule has 1 aliphatic heterocycles. The number of hydrogen-bond acceptors (Lipinski definition) is 5. The van der Waals surface area contributed by atoms with Crippen LogP contribution >= 0.6 is 0 Å². The monoisotopic (exact) mass is 301 g/mol. The molecule has 1 unspecified atom stereocenters. The normalized spacial score (nSPS) is 18.6. The molecule has 0 amide bonds. The van der Waals surface area contributed by atoms with Gasteiger partial charge in [0.2, 0.25) is 10.0 Å². The van der Waals surface area contributed by atoms with Crippen molar-refractivity contribution in [3.05, 3.63) is 5.69 Å². The van der Waals surface area contributed by atoms with E-state index < -0.39 is 10.0 Å². The van der Waals surface area contributed by atoms with E-state index >= 15 is 0 Å². The highest BCUT2D eigenvalue weighted by atomic mass is 32.2. The van der Waals surface area contributed by atoms with Crippen LogP contribution < -0.4 is 10.5 Å². The summed E-state index contributed by atoms with van der Waals surface area (Å²) < 4.78 is 28.8. The third-order valence-electron chi connectivity index (χ3n) is 3.91. The van der Waals surface area contributed by atoms with Crippen molar-refractivity contribution < 1.29 is 8.42 Å². The molecule has 114 valence electrons. The molecule has 8 heteroatoms. The fraction of sp³-hybridized carbons (Fsp3) is 0.750. The number of rotatable bonds is 5. The van der Waals surface area contributed by atoms with Crippen molar-refractivity contribution in [3.8, 4) is 0 Å². The maximum atomic E-state index is 12.3. The van der Waals surface area contributed by atoms with E-state index in [0.29, 0.717) is 12.2 Å². The van der Waals surface area contributed by atoms with Crippen LogP contribution in [0.2, 0.25) is 0 Å². The molecule has 1 fully saturated rings. The molecular weight excluding hydrogens is 278 g/mol. The number of aromatic nitrogens is 2. The molecule has 1 aromatic rings. The largest absolute Gasteiger partial charge is 0.381 e. The average Bonchev–Trinajstić information content (AvgIpc) is 2.96. The van der Waals surface area contributed by atoms with Crippen LogP contribution in [0.25, 0.3) is 0 Å². The number of nitrogen functional groups attached to an aromatic ring is 1. The third-order valence-corrected chi connectivity index (χ3v) is 5.49. The lowest BCUT2D eigenvalue weighted by molar-refractivity contribution is 0.260. The molecule has 0 radical (unpaired) electrons. The van der Waals surface area contributed by atoms with Gasteiger partial charge in [-0.15, -0.1) is 0 Å². The minimum absolute atomic E-state index is 0.0475. The molecule has 0 saturated carbocycles. The molecule has 1 aromatic heterocycles. The van der Waals surface area contributed by atoms with Gasteiger partial charge < -0.3 is 5.73 Å². The summed E-state index contributed by atoms with van der Waals surface area (Å²) in [5.74, 6) is 0.0475. The molecule has 0 aromatic carbocycles. The van der Waals surface area contributed by atoms with Crippen molar-refractivity contribution >= 4 is 15.8 Å². The molecule has 1 atom stereocenters. The lowest BCUT2D eigenvalue weighted by atomic mass is 10.3. The van der Waals surface area contributed by atoms with Crippen LogP contribution in [0.15, 0.2) is 4.90 Å². The van der Waals surface area contributed by atoms with Crippen molar-refractivity contribution in [2.24, 2.45) is 7.05 Å². The highest BCUT2D eigenvalue weighted by molar-refractivity contribution is 7.89. The van der Waals surface area contributed by atoms with E-state index in [0.717, 1.165) is 13.1 Å². The van der Waals surface area contributed by atoms with Crippen LogP contribution in [0.5, 0.6) is 0 Å². The highest BCUT2D eigenvalue weighted by Crippen LogP contribution is 2.21. The number of likely N-dealkylation sites (tertiary alicyclic amines) is 1. The number of nitrogens with one attached hydrogen (secondary N) is 1. The third kappa shape index (κ3) is 2.97. The maximum absolute atomic E-state index is 12.3. The predicted octanol–water partition coefficient (Wildman–Crippen LogP) is 0.0733. The molecule has 7 nitrogen and oxygen atoms in total. The molecule has 2 heterocycles. The average molecular weight is 301 g/mol. The zero-order chi connectivity index (χ0) is 14.9. The van der Waals surface area contributed by atoms with E-state index in [1.807, 2.05) is 6.92 Å². The van der Waals surface area contributed by atoms with Gasteiger partial charge in [-0.25, -0.2) is 13.1 Å². The van der Waals surface area contributed by atoms with Crippen molar-refractivity contribution in [1.82, 2.24) is 19.4 Å². The first-order valence-electron chi connectivity index (χ1n) is 6.85. The van der Waals surface area contributed by atoms with E-state index in [-0.39, 0.29) is 16.8 Å². The van der Waals surface area contributed by atoms with Gasteiger partial charge in [-0.1, -0.05) is 0 Å². The Hall–Kier alpha value is -1.12. The lowest BCUT2D eigenvalue weighted by Crippen LogP contribution is -2.40. The number of nitrogens with zero attached hydrogens (tertiary/aromatic N) is 3. The molecule has 0 bridgehead atoms. The van der Waals surface area contributed by atoms with Gasteiger partial charge in [-0.2, -0.15) is 5.10 Å². The summed E-state index contributed by atoms with van der Waals surface area (Å²) in [5.41, 5.74) is 6.24. The Labute approximate surface area is 120 Å². The fourth-order valence-corrected chi connectivity index (χ4v) is 4.00. The van der Waals surface area contributed by atoms with E-state index in [9.17, 15) is 8.42 Å². The van der Waals surface area contributed by atoms with Crippen LogP contribution in [0.4, 0.5) is 5.82 Å². The Bertz CT molecular complexity index is 575.